The van der Waals surface area contributed by atoms with Crippen LogP contribution in [0, 0.1) is 12.7 Å². The molecule has 186 valence electrons. The van der Waals surface area contributed by atoms with Crippen molar-refractivity contribution in [3.05, 3.63) is 64.4 Å². The highest BCUT2D eigenvalue weighted by Gasteiger charge is 2.32. The Labute approximate surface area is 205 Å². The number of hydrogen-bond donors (Lipinski definition) is 1. The average Bonchev–Trinajstić information content (AvgIpc) is 2.78. The molecule has 0 heterocycles. The summed E-state index contributed by atoms with van der Waals surface area (Å²) in [5.41, 5.74) is 1.52. The van der Waals surface area contributed by atoms with E-state index in [2.05, 4.69) is 5.32 Å². The molecule has 0 aliphatic carbocycles. The van der Waals surface area contributed by atoms with E-state index in [1.54, 1.807) is 26.0 Å². The van der Waals surface area contributed by atoms with Crippen molar-refractivity contribution in [1.29, 1.82) is 0 Å². The van der Waals surface area contributed by atoms with Gasteiger partial charge in [0.2, 0.25) is 21.8 Å². The lowest BCUT2D eigenvalue weighted by molar-refractivity contribution is -0.140. The van der Waals surface area contributed by atoms with Crippen molar-refractivity contribution >= 4 is 39.1 Å². The number of carbonyl (C=O) groups is 2. The van der Waals surface area contributed by atoms with E-state index < -0.39 is 34.3 Å². The Morgan fingerprint density at radius 2 is 1.76 bits per heavy atom. The van der Waals surface area contributed by atoms with Crippen molar-refractivity contribution in [2.45, 2.75) is 46.2 Å². The van der Waals surface area contributed by atoms with Gasteiger partial charge in [0.1, 0.15) is 18.4 Å². The lowest BCUT2D eigenvalue weighted by Crippen LogP contribution is -2.52. The fourth-order valence-electron chi connectivity index (χ4n) is 3.52. The number of sulfonamides is 1. The summed E-state index contributed by atoms with van der Waals surface area (Å²) in [5.74, 6) is -1.31. The summed E-state index contributed by atoms with van der Waals surface area (Å²) in [7, 11) is -3.85. The highest BCUT2D eigenvalue weighted by molar-refractivity contribution is 7.92. The highest BCUT2D eigenvalue weighted by Crippen LogP contribution is 2.27. The average molecular weight is 512 g/mol. The lowest BCUT2D eigenvalue weighted by Gasteiger charge is -2.33. The molecule has 0 saturated heterocycles. The van der Waals surface area contributed by atoms with Crippen molar-refractivity contribution in [1.82, 2.24) is 10.2 Å². The van der Waals surface area contributed by atoms with E-state index in [4.69, 9.17) is 11.6 Å². The van der Waals surface area contributed by atoms with Gasteiger partial charge in [-0.1, -0.05) is 43.6 Å². The summed E-state index contributed by atoms with van der Waals surface area (Å²) >= 11 is 6.09. The zero-order valence-electron chi connectivity index (χ0n) is 19.8. The maximum Gasteiger partial charge on any atom is 0.244 e. The maximum atomic E-state index is 13.6. The van der Waals surface area contributed by atoms with Crippen LogP contribution >= 0.6 is 11.6 Å². The van der Waals surface area contributed by atoms with E-state index in [0.29, 0.717) is 29.1 Å². The Balaban J connectivity index is 2.45. The van der Waals surface area contributed by atoms with Crippen molar-refractivity contribution in [2.75, 3.05) is 23.7 Å². The third kappa shape index (κ3) is 7.43. The first-order chi connectivity index (χ1) is 16.0. The minimum absolute atomic E-state index is 0.0172. The Kier molecular flexibility index (Phi) is 9.88. The van der Waals surface area contributed by atoms with E-state index in [1.807, 2.05) is 6.92 Å². The quantitative estimate of drug-likeness (QED) is 0.496. The monoisotopic (exact) mass is 511 g/mol. The van der Waals surface area contributed by atoms with Crippen LogP contribution in [0.4, 0.5) is 10.1 Å². The van der Waals surface area contributed by atoms with Gasteiger partial charge >= 0.3 is 0 Å². The zero-order valence-corrected chi connectivity index (χ0v) is 21.4. The molecule has 1 N–H and O–H groups in total. The second-order valence-electron chi connectivity index (χ2n) is 8.06. The molecule has 0 aromatic heterocycles. The molecule has 0 aliphatic rings. The smallest absolute Gasteiger partial charge is 0.244 e. The van der Waals surface area contributed by atoms with Gasteiger partial charge in [0.25, 0.3) is 0 Å². The van der Waals surface area contributed by atoms with Gasteiger partial charge in [-0.25, -0.2) is 12.8 Å². The topological polar surface area (TPSA) is 86.8 Å². The minimum Gasteiger partial charge on any atom is -0.354 e. The number of nitrogens with one attached hydrogen (secondary N) is 1. The van der Waals surface area contributed by atoms with Crippen LogP contribution < -0.4 is 9.62 Å². The Morgan fingerprint density at radius 3 is 2.32 bits per heavy atom. The number of anilines is 1. The van der Waals surface area contributed by atoms with Crippen LogP contribution in [0.25, 0.3) is 0 Å². The van der Waals surface area contributed by atoms with Crippen molar-refractivity contribution in [3.63, 3.8) is 0 Å². The number of carbonyl (C=O) groups excluding carboxylic acids is 2. The van der Waals surface area contributed by atoms with Crippen LogP contribution in [0.15, 0.2) is 42.5 Å². The molecular weight excluding hydrogens is 481 g/mol. The Bertz CT molecular complexity index is 1110. The van der Waals surface area contributed by atoms with E-state index in [9.17, 15) is 22.4 Å². The van der Waals surface area contributed by atoms with Crippen molar-refractivity contribution in [2.24, 2.45) is 0 Å². The molecule has 0 spiro atoms. The van der Waals surface area contributed by atoms with Gasteiger partial charge < -0.3 is 10.2 Å². The summed E-state index contributed by atoms with van der Waals surface area (Å²) in [5, 5.41) is 3.13. The molecule has 0 aliphatic heterocycles. The molecular formula is C24H31ClFN3O4S. The van der Waals surface area contributed by atoms with Crippen LogP contribution in [0.1, 0.15) is 37.8 Å². The number of amides is 2. The second kappa shape index (κ2) is 12.2. The maximum absolute atomic E-state index is 13.6. The molecule has 7 nitrogen and oxygen atoms in total. The fourth-order valence-corrected chi connectivity index (χ4v) is 4.58. The van der Waals surface area contributed by atoms with Crippen molar-refractivity contribution in [3.8, 4) is 0 Å². The normalized spacial score (nSPS) is 12.2. The molecule has 2 amide bonds. The van der Waals surface area contributed by atoms with E-state index in [-0.39, 0.29) is 18.1 Å². The number of halogens is 2. The lowest BCUT2D eigenvalue weighted by atomic mass is 10.1. The molecule has 2 aromatic rings. The molecule has 34 heavy (non-hydrogen) atoms. The first kappa shape index (κ1) is 27.6. The number of nitrogens with zero attached hydrogens (tertiary/aromatic N) is 2. The fraction of sp³-hybridized carbons (Fsp3) is 0.417. The number of hydrogen-bond acceptors (Lipinski definition) is 4. The first-order valence-corrected chi connectivity index (χ1v) is 13.3. The van der Waals surface area contributed by atoms with Crippen LogP contribution in [0.2, 0.25) is 5.02 Å². The van der Waals surface area contributed by atoms with Crippen LogP contribution in [-0.2, 0) is 26.2 Å². The second-order valence-corrected chi connectivity index (χ2v) is 10.4. The summed E-state index contributed by atoms with van der Waals surface area (Å²) < 4.78 is 39.7. The number of benzene rings is 2. The van der Waals surface area contributed by atoms with E-state index in [1.165, 1.54) is 35.2 Å². The van der Waals surface area contributed by atoms with Gasteiger partial charge in [-0.15, -0.1) is 0 Å². The number of rotatable bonds is 11. The summed E-state index contributed by atoms with van der Waals surface area (Å²) in [6.45, 7) is 5.36. The molecule has 0 bridgehead atoms. The molecule has 0 radical (unpaired) electrons. The van der Waals surface area contributed by atoms with Crippen LogP contribution in [-0.4, -0.2) is 50.5 Å². The van der Waals surface area contributed by atoms with Crippen LogP contribution in [0.5, 0.6) is 0 Å². The van der Waals surface area contributed by atoms with Gasteiger partial charge in [-0.2, -0.15) is 0 Å². The van der Waals surface area contributed by atoms with E-state index in [0.717, 1.165) is 17.0 Å². The molecule has 0 fully saturated rings. The minimum atomic E-state index is -3.85. The molecule has 2 rings (SSSR count). The Morgan fingerprint density at radius 1 is 1.12 bits per heavy atom. The molecule has 2 aromatic carbocycles. The number of aryl methyl sites for hydroxylation is 1. The van der Waals surface area contributed by atoms with E-state index >= 15 is 0 Å². The van der Waals surface area contributed by atoms with Gasteiger partial charge in [0.15, 0.2) is 0 Å². The largest absolute Gasteiger partial charge is 0.354 e. The third-order valence-electron chi connectivity index (χ3n) is 5.32. The predicted octanol–water partition coefficient (Wildman–Crippen LogP) is 3.89. The van der Waals surface area contributed by atoms with Gasteiger partial charge in [-0.05, 0) is 55.2 Å². The SMILES string of the molecule is CCCNC(=O)C(CC)N(Cc1ccc(F)cc1)C(=O)CN(c1cc(Cl)ccc1C)S(C)(=O)=O. The standard InChI is InChI=1S/C24H31ClFN3O4S/c1-5-13-27-24(31)21(6-2)28(15-18-8-11-20(26)12-9-18)23(30)16-29(34(4,32)33)22-14-19(25)10-7-17(22)3/h7-12,14,21H,5-6,13,15-16H2,1-4H3,(H,27,31). The zero-order chi connectivity index (χ0) is 25.5. The summed E-state index contributed by atoms with van der Waals surface area (Å²) in [4.78, 5) is 27.8. The highest BCUT2D eigenvalue weighted by atomic mass is 35.5. The van der Waals surface area contributed by atoms with Gasteiger partial charge in [0, 0.05) is 18.1 Å². The summed E-state index contributed by atoms with van der Waals surface area (Å²) in [6, 6.07) is 9.57. The van der Waals surface area contributed by atoms with Crippen LogP contribution in [0.3, 0.4) is 0 Å². The van der Waals surface area contributed by atoms with Gasteiger partial charge in [0.05, 0.1) is 11.9 Å². The summed E-state index contributed by atoms with van der Waals surface area (Å²) in [6.07, 6.45) is 2.05. The van der Waals surface area contributed by atoms with Gasteiger partial charge in [-0.3, -0.25) is 13.9 Å². The predicted molar refractivity (Wildman–Crippen MR) is 133 cm³/mol. The molecule has 10 heteroatoms. The molecule has 1 unspecified atom stereocenters. The molecule has 1 atom stereocenters. The van der Waals surface area contributed by atoms with Crippen molar-refractivity contribution < 1.29 is 22.4 Å². The first-order valence-electron chi connectivity index (χ1n) is 11.0. The third-order valence-corrected chi connectivity index (χ3v) is 6.68. The Hall–Kier alpha value is -2.65. The molecule has 0 saturated carbocycles.